The maximum Gasteiger partial charge on any atom is 0.494 e. The number of aliphatic hydroxyl groups is 1. The standard InChI is InChI=1S/C12H20O7P2/c1-10(2)5-9(6-11(3,4)8-10)7-12(13,18-20(14)15)19-21(16)17/h7,13H,5-6,8H2,1-4H3. The van der Waals surface area contributed by atoms with Crippen LogP contribution in [0.2, 0.25) is 0 Å². The van der Waals surface area contributed by atoms with Crippen molar-refractivity contribution < 1.29 is 33.1 Å². The number of hydrogen-bond donors (Lipinski definition) is 1. The van der Waals surface area contributed by atoms with E-state index in [1.54, 1.807) is 0 Å². The van der Waals surface area contributed by atoms with Gasteiger partial charge in [0.15, 0.2) is 0 Å². The summed E-state index contributed by atoms with van der Waals surface area (Å²) in [5, 5.41) is 9.96. The lowest BCUT2D eigenvalue weighted by atomic mass is 9.63. The van der Waals surface area contributed by atoms with Crippen molar-refractivity contribution in [3.05, 3.63) is 11.6 Å². The lowest BCUT2D eigenvalue weighted by Gasteiger charge is -2.42. The molecular formula is C12H20O7P2. The van der Waals surface area contributed by atoms with E-state index in [2.05, 4.69) is 9.05 Å². The van der Waals surface area contributed by atoms with Crippen molar-refractivity contribution in [3.8, 4) is 0 Å². The van der Waals surface area contributed by atoms with E-state index >= 15 is 0 Å². The average Bonchev–Trinajstić information content (AvgIpc) is 2.05. The second-order valence-corrected chi connectivity index (χ2v) is 8.18. The molecule has 1 fully saturated rings. The van der Waals surface area contributed by atoms with Crippen molar-refractivity contribution in [2.24, 2.45) is 10.8 Å². The third-order valence-corrected chi connectivity index (χ3v) is 3.99. The molecule has 1 aliphatic carbocycles. The van der Waals surface area contributed by atoms with E-state index < -0.39 is 22.5 Å². The zero-order valence-corrected chi connectivity index (χ0v) is 14.3. The van der Waals surface area contributed by atoms with Gasteiger partial charge in [-0.25, -0.2) is 0 Å². The number of hydrogen-bond acceptors (Lipinski definition) is 7. The summed E-state index contributed by atoms with van der Waals surface area (Å²) >= 11 is 0. The normalized spacial score (nSPS) is 25.0. The van der Waals surface area contributed by atoms with E-state index in [9.17, 15) is 24.0 Å². The fraction of sp³-hybridized carbons (Fsp3) is 0.833. The van der Waals surface area contributed by atoms with Crippen LogP contribution < -0.4 is 9.79 Å². The molecule has 1 saturated carbocycles. The first-order valence-corrected chi connectivity index (χ1v) is 8.62. The summed E-state index contributed by atoms with van der Waals surface area (Å²) in [4.78, 5) is 21.3. The summed E-state index contributed by atoms with van der Waals surface area (Å²) in [6.45, 7) is 8.19. The number of allylic oxidation sites excluding steroid dienone is 1. The zero-order valence-electron chi connectivity index (χ0n) is 12.5. The molecule has 0 spiro atoms. The van der Waals surface area contributed by atoms with Crippen molar-refractivity contribution >= 4 is 16.5 Å². The summed E-state index contributed by atoms with van der Waals surface area (Å²) in [5.41, 5.74) is 0.564. The van der Waals surface area contributed by atoms with Crippen LogP contribution in [0.15, 0.2) is 11.6 Å². The van der Waals surface area contributed by atoms with Crippen molar-refractivity contribution in [3.63, 3.8) is 0 Å². The lowest BCUT2D eigenvalue weighted by molar-refractivity contribution is -0.292. The van der Waals surface area contributed by atoms with E-state index in [0.717, 1.165) is 12.5 Å². The van der Waals surface area contributed by atoms with Gasteiger partial charge in [0, 0.05) is 6.08 Å². The minimum Gasteiger partial charge on any atom is -0.566 e. The molecule has 0 aromatic rings. The highest BCUT2D eigenvalue weighted by Crippen LogP contribution is 2.49. The first kappa shape index (κ1) is 18.8. The molecule has 0 saturated heterocycles. The SMILES string of the molecule is CC1(C)CC(=CC(O)(O[P+](=O)[O-])O[P+](=O)[O-])CC(C)(C)C1. The molecule has 0 aliphatic heterocycles. The van der Waals surface area contributed by atoms with Crippen LogP contribution >= 0.6 is 16.5 Å². The largest absolute Gasteiger partial charge is 0.566 e. The Balaban J connectivity index is 3.08. The third-order valence-electron chi connectivity index (χ3n) is 3.17. The topological polar surface area (TPSA) is 119 Å². The second kappa shape index (κ2) is 6.47. The molecule has 1 N–H and O–H groups in total. The lowest BCUT2D eigenvalue weighted by Crippen LogP contribution is -2.34. The maximum absolute atomic E-state index is 10.6. The Labute approximate surface area is 125 Å². The molecule has 1 rings (SSSR count). The van der Waals surface area contributed by atoms with Gasteiger partial charge in [0.1, 0.15) is 0 Å². The van der Waals surface area contributed by atoms with Gasteiger partial charge in [-0.15, -0.1) is 0 Å². The van der Waals surface area contributed by atoms with E-state index in [1.807, 2.05) is 27.7 Å². The molecule has 0 amide bonds. The van der Waals surface area contributed by atoms with Gasteiger partial charge in [-0.2, -0.15) is 0 Å². The molecule has 9 heteroatoms. The molecule has 1 aliphatic rings. The maximum atomic E-state index is 10.6. The van der Waals surface area contributed by atoms with Crippen LogP contribution in [0.4, 0.5) is 0 Å². The van der Waals surface area contributed by atoms with Gasteiger partial charge < -0.3 is 14.9 Å². The van der Waals surface area contributed by atoms with Crippen LogP contribution in [-0.2, 0) is 18.2 Å². The fourth-order valence-electron chi connectivity index (χ4n) is 3.36. The Morgan fingerprint density at radius 1 is 1.10 bits per heavy atom. The summed E-state index contributed by atoms with van der Waals surface area (Å²) in [6, 6.07) is 0. The molecule has 120 valence electrons. The summed E-state index contributed by atoms with van der Waals surface area (Å²) in [5.74, 6) is -2.82. The Bertz CT molecular complexity index is 436. The van der Waals surface area contributed by atoms with Crippen molar-refractivity contribution in [1.29, 1.82) is 0 Å². The van der Waals surface area contributed by atoms with E-state index in [-0.39, 0.29) is 10.8 Å². The zero-order chi connectivity index (χ0) is 16.5. The summed E-state index contributed by atoms with van der Waals surface area (Å²) < 4.78 is 29.7. The molecule has 0 aromatic carbocycles. The predicted molar refractivity (Wildman–Crippen MR) is 71.8 cm³/mol. The van der Waals surface area contributed by atoms with Gasteiger partial charge in [-0.05, 0) is 39.2 Å². The monoisotopic (exact) mass is 338 g/mol. The van der Waals surface area contributed by atoms with Crippen LogP contribution in [0.1, 0.15) is 47.0 Å². The average molecular weight is 338 g/mol. The van der Waals surface area contributed by atoms with Crippen molar-refractivity contribution in [1.82, 2.24) is 0 Å². The summed E-state index contributed by atoms with van der Waals surface area (Å²) in [7, 11) is -6.96. The van der Waals surface area contributed by atoms with Crippen molar-refractivity contribution in [2.45, 2.75) is 52.9 Å². The minimum absolute atomic E-state index is 0.0617. The first-order chi connectivity index (χ1) is 9.33. The van der Waals surface area contributed by atoms with Crippen LogP contribution in [0.25, 0.3) is 0 Å². The van der Waals surface area contributed by atoms with E-state index in [4.69, 9.17) is 0 Å². The van der Waals surface area contributed by atoms with Gasteiger partial charge in [0.2, 0.25) is 0 Å². The van der Waals surface area contributed by atoms with Gasteiger partial charge in [0.05, 0.1) is 0 Å². The van der Waals surface area contributed by atoms with Gasteiger partial charge >= 0.3 is 22.5 Å². The molecule has 0 aromatic heterocycles. The van der Waals surface area contributed by atoms with E-state index in [0.29, 0.717) is 18.4 Å². The van der Waals surface area contributed by atoms with Gasteiger partial charge in [-0.3, -0.25) is 0 Å². The number of rotatable bonds is 5. The van der Waals surface area contributed by atoms with Crippen LogP contribution in [0, 0.1) is 10.8 Å². The molecule has 7 nitrogen and oxygen atoms in total. The Kier molecular flexibility index (Phi) is 5.79. The van der Waals surface area contributed by atoms with Crippen LogP contribution in [0.3, 0.4) is 0 Å². The molecule has 2 unspecified atom stereocenters. The first-order valence-electron chi connectivity index (χ1n) is 6.43. The fourth-order valence-corrected chi connectivity index (χ4v) is 4.02. The Morgan fingerprint density at radius 3 is 1.81 bits per heavy atom. The van der Waals surface area contributed by atoms with Gasteiger partial charge in [-0.1, -0.05) is 42.3 Å². The molecule has 0 bridgehead atoms. The van der Waals surface area contributed by atoms with Crippen molar-refractivity contribution in [2.75, 3.05) is 0 Å². The third kappa shape index (κ3) is 6.57. The molecular weight excluding hydrogens is 318 g/mol. The quantitative estimate of drug-likeness (QED) is 0.461. The van der Waals surface area contributed by atoms with Crippen LogP contribution in [0.5, 0.6) is 0 Å². The van der Waals surface area contributed by atoms with Gasteiger partial charge in [0.25, 0.3) is 0 Å². The molecule has 21 heavy (non-hydrogen) atoms. The summed E-state index contributed by atoms with van der Waals surface area (Å²) in [6.07, 6.45) is 3.14. The molecule has 0 heterocycles. The molecule has 2 atom stereocenters. The molecule has 0 radical (unpaired) electrons. The van der Waals surface area contributed by atoms with Crippen LogP contribution in [-0.4, -0.2) is 11.1 Å². The minimum atomic E-state index is -3.48. The predicted octanol–water partition coefficient (Wildman–Crippen LogP) is 1.86. The Hall–Kier alpha value is -0.260. The smallest absolute Gasteiger partial charge is 0.494 e. The highest BCUT2D eigenvalue weighted by Gasteiger charge is 2.44. The van der Waals surface area contributed by atoms with E-state index in [1.165, 1.54) is 0 Å². The second-order valence-electron chi connectivity index (χ2n) is 6.92. The highest BCUT2D eigenvalue weighted by molar-refractivity contribution is 7.31. The highest BCUT2D eigenvalue weighted by atomic mass is 31.1. The Morgan fingerprint density at radius 2 is 1.48 bits per heavy atom.